The fourth-order valence-electron chi connectivity index (χ4n) is 0.917. The molecule has 0 aliphatic rings. The van der Waals surface area contributed by atoms with Crippen LogP contribution in [0.25, 0.3) is 0 Å². The summed E-state index contributed by atoms with van der Waals surface area (Å²) in [5.41, 5.74) is 5.90. The Bertz CT molecular complexity index is 321. The van der Waals surface area contributed by atoms with E-state index in [1.165, 1.54) is 0 Å². The van der Waals surface area contributed by atoms with Gasteiger partial charge in [-0.1, -0.05) is 0 Å². The van der Waals surface area contributed by atoms with Gasteiger partial charge in [-0.15, -0.1) is 0 Å². The quantitative estimate of drug-likeness (QED) is 0.534. The standard InChI is InChI=1S/C8H11N3O3/c9-6(3-7(12)13)8(14)11-5-1-2-10-4-5/h1-2,4,6,10H,3,9H2,(H,11,14)(H,12,13). The lowest BCUT2D eigenvalue weighted by Gasteiger charge is -2.08. The van der Waals surface area contributed by atoms with Crippen LogP contribution in [0.15, 0.2) is 18.5 Å². The van der Waals surface area contributed by atoms with Gasteiger partial charge in [0.05, 0.1) is 18.2 Å². The van der Waals surface area contributed by atoms with Gasteiger partial charge in [0.15, 0.2) is 0 Å². The van der Waals surface area contributed by atoms with Crippen LogP contribution in [0.1, 0.15) is 6.42 Å². The van der Waals surface area contributed by atoms with E-state index in [2.05, 4.69) is 10.3 Å². The number of H-pyrrole nitrogens is 1. The maximum absolute atomic E-state index is 11.2. The molecule has 1 atom stereocenters. The van der Waals surface area contributed by atoms with Crippen LogP contribution in [0.5, 0.6) is 0 Å². The first-order valence-corrected chi connectivity index (χ1v) is 4.00. The molecule has 0 spiro atoms. The third-order valence-electron chi connectivity index (χ3n) is 1.60. The number of aliphatic carboxylic acids is 1. The highest BCUT2D eigenvalue weighted by molar-refractivity contribution is 5.96. The van der Waals surface area contributed by atoms with Crippen LogP contribution in [0, 0.1) is 0 Å². The number of nitrogens with one attached hydrogen (secondary N) is 2. The molecule has 0 aromatic carbocycles. The zero-order valence-electron chi connectivity index (χ0n) is 7.36. The summed E-state index contributed by atoms with van der Waals surface area (Å²) in [7, 11) is 0. The number of hydrogen-bond donors (Lipinski definition) is 4. The van der Waals surface area contributed by atoms with Gasteiger partial charge in [-0.25, -0.2) is 0 Å². The monoisotopic (exact) mass is 197 g/mol. The molecule has 0 fully saturated rings. The first kappa shape index (κ1) is 10.3. The summed E-state index contributed by atoms with van der Waals surface area (Å²) in [6.07, 6.45) is 2.83. The normalized spacial score (nSPS) is 12.1. The number of aromatic nitrogens is 1. The fraction of sp³-hybridized carbons (Fsp3) is 0.250. The van der Waals surface area contributed by atoms with Crippen LogP contribution in [0.2, 0.25) is 0 Å². The second kappa shape index (κ2) is 4.43. The van der Waals surface area contributed by atoms with Crippen molar-refractivity contribution >= 4 is 17.6 Å². The Morgan fingerprint density at radius 1 is 1.64 bits per heavy atom. The fourth-order valence-corrected chi connectivity index (χ4v) is 0.917. The molecule has 0 bridgehead atoms. The number of anilines is 1. The van der Waals surface area contributed by atoms with Crippen LogP contribution in [-0.4, -0.2) is 28.0 Å². The Morgan fingerprint density at radius 3 is 2.86 bits per heavy atom. The summed E-state index contributed by atoms with van der Waals surface area (Å²) < 4.78 is 0. The SMILES string of the molecule is NC(CC(=O)O)C(=O)Nc1cc[nH]c1. The topological polar surface area (TPSA) is 108 Å². The van der Waals surface area contributed by atoms with E-state index in [9.17, 15) is 9.59 Å². The van der Waals surface area contributed by atoms with Gasteiger partial charge < -0.3 is 21.1 Å². The van der Waals surface area contributed by atoms with Crippen LogP contribution in [-0.2, 0) is 9.59 Å². The van der Waals surface area contributed by atoms with Crippen molar-refractivity contribution in [2.75, 3.05) is 5.32 Å². The lowest BCUT2D eigenvalue weighted by Crippen LogP contribution is -2.37. The zero-order chi connectivity index (χ0) is 10.6. The van der Waals surface area contributed by atoms with Gasteiger partial charge in [0.1, 0.15) is 0 Å². The van der Waals surface area contributed by atoms with Gasteiger partial charge in [-0.3, -0.25) is 9.59 Å². The number of carboxylic acids is 1. The average Bonchev–Trinajstić information content (AvgIpc) is 2.55. The van der Waals surface area contributed by atoms with Gasteiger partial charge in [0, 0.05) is 12.4 Å². The molecule has 1 unspecified atom stereocenters. The molecular formula is C8H11N3O3. The van der Waals surface area contributed by atoms with Crippen LogP contribution >= 0.6 is 0 Å². The number of hydrogen-bond acceptors (Lipinski definition) is 3. The van der Waals surface area contributed by atoms with E-state index in [1.54, 1.807) is 18.5 Å². The van der Waals surface area contributed by atoms with Crippen molar-refractivity contribution in [1.29, 1.82) is 0 Å². The minimum absolute atomic E-state index is 0.379. The summed E-state index contributed by atoms with van der Waals surface area (Å²) in [6.45, 7) is 0. The van der Waals surface area contributed by atoms with E-state index in [0.717, 1.165) is 0 Å². The summed E-state index contributed by atoms with van der Waals surface area (Å²) in [6, 6.07) is 0.619. The van der Waals surface area contributed by atoms with Crippen molar-refractivity contribution in [3.05, 3.63) is 18.5 Å². The molecule has 76 valence electrons. The molecule has 0 aliphatic carbocycles. The number of carboxylic acid groups (broad SMARTS) is 1. The lowest BCUT2D eigenvalue weighted by molar-refractivity contribution is -0.138. The molecule has 0 saturated carbocycles. The third-order valence-corrected chi connectivity index (χ3v) is 1.60. The molecular weight excluding hydrogens is 186 g/mol. The zero-order valence-corrected chi connectivity index (χ0v) is 7.36. The Hall–Kier alpha value is -1.82. The van der Waals surface area contributed by atoms with Gasteiger partial charge in [0.25, 0.3) is 0 Å². The van der Waals surface area contributed by atoms with Crippen LogP contribution in [0.4, 0.5) is 5.69 Å². The molecule has 0 aliphatic heterocycles. The largest absolute Gasteiger partial charge is 0.481 e. The number of nitrogens with two attached hydrogens (primary N) is 1. The third kappa shape index (κ3) is 2.91. The van der Waals surface area contributed by atoms with Crippen molar-refractivity contribution in [1.82, 2.24) is 4.98 Å². The molecule has 14 heavy (non-hydrogen) atoms. The summed E-state index contributed by atoms with van der Waals surface area (Å²) >= 11 is 0. The maximum atomic E-state index is 11.2. The minimum atomic E-state index is -1.10. The van der Waals surface area contributed by atoms with Gasteiger partial charge in [-0.2, -0.15) is 0 Å². The Labute approximate surface area is 80.1 Å². The van der Waals surface area contributed by atoms with Gasteiger partial charge in [-0.05, 0) is 6.07 Å². The maximum Gasteiger partial charge on any atom is 0.305 e. The molecule has 0 saturated heterocycles. The molecule has 0 radical (unpaired) electrons. The molecule has 5 N–H and O–H groups in total. The number of aromatic amines is 1. The molecule has 6 nitrogen and oxygen atoms in total. The number of amides is 1. The molecule has 1 aromatic rings. The van der Waals surface area contributed by atoms with Gasteiger partial charge in [0.2, 0.25) is 5.91 Å². The number of carbonyl (C=O) groups is 2. The van der Waals surface area contributed by atoms with Crippen molar-refractivity contribution in [3.8, 4) is 0 Å². The van der Waals surface area contributed by atoms with Crippen LogP contribution in [0.3, 0.4) is 0 Å². The molecule has 1 rings (SSSR count). The van der Waals surface area contributed by atoms with E-state index in [1.807, 2.05) is 0 Å². The second-order valence-corrected chi connectivity index (χ2v) is 2.79. The summed E-state index contributed by atoms with van der Waals surface area (Å²) in [5, 5.41) is 10.9. The highest BCUT2D eigenvalue weighted by Gasteiger charge is 2.16. The highest BCUT2D eigenvalue weighted by Crippen LogP contribution is 2.04. The predicted octanol–water partition coefficient (Wildman–Crippen LogP) is -0.245. The van der Waals surface area contributed by atoms with Gasteiger partial charge >= 0.3 is 5.97 Å². The van der Waals surface area contributed by atoms with E-state index < -0.39 is 17.9 Å². The lowest BCUT2D eigenvalue weighted by atomic mass is 10.2. The Kier molecular flexibility index (Phi) is 3.24. The smallest absolute Gasteiger partial charge is 0.305 e. The van der Waals surface area contributed by atoms with Crippen molar-refractivity contribution in [2.45, 2.75) is 12.5 Å². The van der Waals surface area contributed by atoms with E-state index in [0.29, 0.717) is 5.69 Å². The Morgan fingerprint density at radius 2 is 2.36 bits per heavy atom. The first-order chi connectivity index (χ1) is 6.59. The van der Waals surface area contributed by atoms with Crippen molar-refractivity contribution < 1.29 is 14.7 Å². The predicted molar refractivity (Wildman–Crippen MR) is 49.7 cm³/mol. The average molecular weight is 197 g/mol. The van der Waals surface area contributed by atoms with Crippen LogP contribution < -0.4 is 11.1 Å². The van der Waals surface area contributed by atoms with Crippen molar-refractivity contribution in [3.63, 3.8) is 0 Å². The molecule has 6 heteroatoms. The summed E-state index contributed by atoms with van der Waals surface area (Å²) in [4.78, 5) is 24.2. The van der Waals surface area contributed by atoms with E-state index >= 15 is 0 Å². The molecule has 1 heterocycles. The summed E-state index contributed by atoms with van der Waals surface area (Å²) in [5.74, 6) is -1.60. The van der Waals surface area contributed by atoms with E-state index in [4.69, 9.17) is 10.8 Å². The highest BCUT2D eigenvalue weighted by atomic mass is 16.4. The number of rotatable bonds is 4. The van der Waals surface area contributed by atoms with E-state index in [-0.39, 0.29) is 6.42 Å². The second-order valence-electron chi connectivity index (χ2n) is 2.79. The number of carbonyl (C=O) groups excluding carboxylic acids is 1. The Balaban J connectivity index is 2.46. The first-order valence-electron chi connectivity index (χ1n) is 4.00. The molecule has 1 aromatic heterocycles. The van der Waals surface area contributed by atoms with Crippen molar-refractivity contribution in [2.24, 2.45) is 5.73 Å². The minimum Gasteiger partial charge on any atom is -0.481 e. The molecule has 1 amide bonds.